The molecule has 11 nitrogen and oxygen atoms in total. The minimum Gasteiger partial charge on any atom is -0.475 e. The van der Waals surface area contributed by atoms with Gasteiger partial charge < -0.3 is 19.0 Å². The number of piperidine rings is 1. The minimum absolute atomic E-state index is 0.0766. The van der Waals surface area contributed by atoms with E-state index in [1.165, 1.54) is 18.6 Å². The van der Waals surface area contributed by atoms with E-state index in [9.17, 15) is 13.2 Å². The monoisotopic (exact) mass is 658 g/mol. The molecule has 0 saturated carbocycles. The molecule has 0 unspecified atom stereocenters. The molecular weight excluding hydrogens is 616 g/mol. The average Bonchev–Trinajstić information content (AvgIpc) is 3.50. The Hall–Kier alpha value is -4.45. The lowest BCUT2D eigenvalue weighted by Gasteiger charge is -2.35. The molecular formula is C35H42N6O5S. The van der Waals surface area contributed by atoms with E-state index in [0.29, 0.717) is 23.8 Å². The van der Waals surface area contributed by atoms with Crippen molar-refractivity contribution in [1.29, 1.82) is 0 Å². The highest BCUT2D eigenvalue weighted by molar-refractivity contribution is 7.92. The highest BCUT2D eigenvalue weighted by Gasteiger charge is 2.32. The molecule has 12 heteroatoms. The summed E-state index contributed by atoms with van der Waals surface area (Å²) < 4.78 is 42.1. The Morgan fingerprint density at radius 1 is 0.957 bits per heavy atom. The van der Waals surface area contributed by atoms with E-state index in [0.717, 1.165) is 42.6 Å². The van der Waals surface area contributed by atoms with Crippen LogP contribution in [0.15, 0.2) is 64.1 Å². The number of hydrogen-bond donors (Lipinski definition) is 1. The second kappa shape index (κ2) is 13.0. The Labute approximate surface area is 276 Å². The maximum atomic E-state index is 14.4. The fourth-order valence-corrected chi connectivity index (χ4v) is 7.31. The van der Waals surface area contributed by atoms with Crippen LogP contribution in [0.1, 0.15) is 73.6 Å². The zero-order valence-corrected chi connectivity index (χ0v) is 28.4. The number of nitrogens with zero attached hydrogens (tertiary/aromatic N) is 5. The first-order valence-electron chi connectivity index (χ1n) is 16.1. The Kier molecular flexibility index (Phi) is 8.97. The van der Waals surface area contributed by atoms with Crippen molar-refractivity contribution in [3.63, 3.8) is 0 Å². The summed E-state index contributed by atoms with van der Waals surface area (Å²) in [6, 6.07) is 13.8. The summed E-state index contributed by atoms with van der Waals surface area (Å²) in [5.41, 5.74) is 4.01. The van der Waals surface area contributed by atoms with Gasteiger partial charge in [0.2, 0.25) is 11.8 Å². The molecule has 248 valence electrons. The molecule has 0 radical (unpaired) electrons. The quantitative estimate of drug-likeness (QED) is 0.260. The molecule has 1 fully saturated rings. The van der Waals surface area contributed by atoms with Crippen LogP contribution in [0.2, 0.25) is 0 Å². The maximum Gasteiger partial charge on any atom is 0.297 e. The molecule has 6 rings (SSSR count). The fraction of sp³-hybridized carbons (Fsp3) is 0.429. The Bertz CT molecular complexity index is 1860. The van der Waals surface area contributed by atoms with Crippen LogP contribution in [0.5, 0.6) is 5.88 Å². The van der Waals surface area contributed by atoms with Gasteiger partial charge in [-0.1, -0.05) is 45.0 Å². The summed E-state index contributed by atoms with van der Waals surface area (Å²) in [4.78, 5) is 32.0. The topological polar surface area (TPSA) is 131 Å². The molecule has 4 bridgehead atoms. The first-order valence-corrected chi connectivity index (χ1v) is 17.6. The van der Waals surface area contributed by atoms with Gasteiger partial charge in [0, 0.05) is 30.3 Å². The number of rotatable bonds is 5. The standard InChI is InChI=1S/C35H42N6O5S/c1-23-11-9-12-24(2)31(23)29-18-30-38-33(37-29)39-47(43,44)28-14-10-13-25(17-28)32(42)41(27(22-45-30)19-35(3,4)5)20-26-21-46-34(36-26)40-15-7-6-8-16-40/h9-14,17-18,21,27H,6-8,15-16,19-20,22H2,1-5H3,(H,37,38,39)/t27-/m1/s1. The summed E-state index contributed by atoms with van der Waals surface area (Å²) >= 11 is 0. The van der Waals surface area contributed by atoms with Gasteiger partial charge in [-0.3, -0.25) is 4.79 Å². The van der Waals surface area contributed by atoms with E-state index >= 15 is 0 Å². The van der Waals surface area contributed by atoms with Crippen molar-refractivity contribution in [3.05, 3.63) is 77.2 Å². The number of aromatic nitrogens is 3. The third kappa shape index (κ3) is 7.43. The molecule has 2 aliphatic heterocycles. The number of benzene rings is 2. The fourth-order valence-electron chi connectivity index (χ4n) is 6.32. The van der Waals surface area contributed by atoms with E-state index in [1.54, 1.807) is 29.4 Å². The van der Waals surface area contributed by atoms with E-state index in [2.05, 4.69) is 40.4 Å². The Balaban J connectivity index is 1.45. The second-order valence-corrected chi connectivity index (χ2v) is 15.3. The first-order chi connectivity index (χ1) is 22.4. The van der Waals surface area contributed by atoms with Gasteiger partial charge in [-0.05, 0) is 74.3 Å². The number of amides is 1. The van der Waals surface area contributed by atoms with Crippen LogP contribution >= 0.6 is 0 Å². The second-order valence-electron chi connectivity index (χ2n) is 13.6. The van der Waals surface area contributed by atoms with Crippen LogP contribution in [-0.4, -0.2) is 59.9 Å². The van der Waals surface area contributed by atoms with Crippen LogP contribution < -0.4 is 14.4 Å². The molecule has 1 N–H and O–H groups in total. The molecule has 2 aromatic carbocycles. The van der Waals surface area contributed by atoms with E-state index in [-0.39, 0.29) is 46.8 Å². The predicted molar refractivity (Wildman–Crippen MR) is 180 cm³/mol. The number of fused-ring (bicyclic) bond motifs is 4. The van der Waals surface area contributed by atoms with Gasteiger partial charge in [0.25, 0.3) is 21.9 Å². The lowest BCUT2D eigenvalue weighted by atomic mass is 9.87. The number of carbonyl (C=O) groups excluding carboxylic acids is 1. The largest absolute Gasteiger partial charge is 0.475 e. The van der Waals surface area contributed by atoms with E-state index < -0.39 is 16.1 Å². The van der Waals surface area contributed by atoms with Gasteiger partial charge in [0.1, 0.15) is 18.6 Å². The van der Waals surface area contributed by atoms with Crippen LogP contribution in [0.3, 0.4) is 0 Å². The molecule has 1 atom stereocenters. The van der Waals surface area contributed by atoms with Gasteiger partial charge in [-0.2, -0.15) is 9.97 Å². The number of aryl methyl sites for hydroxylation is 2. The van der Waals surface area contributed by atoms with E-state index in [4.69, 9.17) is 14.1 Å². The molecule has 4 heterocycles. The van der Waals surface area contributed by atoms with Crippen LogP contribution in [0.4, 0.5) is 12.0 Å². The van der Waals surface area contributed by atoms with Crippen molar-refractivity contribution in [1.82, 2.24) is 19.9 Å². The van der Waals surface area contributed by atoms with Crippen LogP contribution in [0.25, 0.3) is 11.3 Å². The van der Waals surface area contributed by atoms with Crippen molar-refractivity contribution in [2.24, 2.45) is 5.41 Å². The molecule has 0 spiro atoms. The number of oxazole rings is 1. The Morgan fingerprint density at radius 3 is 2.40 bits per heavy atom. The van der Waals surface area contributed by atoms with Crippen molar-refractivity contribution in [2.45, 2.75) is 77.8 Å². The molecule has 0 aliphatic carbocycles. The summed E-state index contributed by atoms with van der Waals surface area (Å²) in [6.45, 7) is 12.3. The summed E-state index contributed by atoms with van der Waals surface area (Å²) in [5.74, 6) is -0.259. The third-order valence-electron chi connectivity index (χ3n) is 8.53. The number of anilines is 2. The van der Waals surface area contributed by atoms with Crippen LogP contribution in [-0.2, 0) is 16.6 Å². The molecule has 1 amide bonds. The van der Waals surface area contributed by atoms with Crippen molar-refractivity contribution >= 4 is 27.9 Å². The number of sulfonamides is 1. The van der Waals surface area contributed by atoms with Crippen molar-refractivity contribution in [3.8, 4) is 17.1 Å². The molecule has 2 aliphatic rings. The molecule has 47 heavy (non-hydrogen) atoms. The third-order valence-corrected chi connectivity index (χ3v) is 9.85. The lowest BCUT2D eigenvalue weighted by Crippen LogP contribution is -2.45. The first kappa shape index (κ1) is 32.5. The van der Waals surface area contributed by atoms with Crippen molar-refractivity contribution in [2.75, 3.05) is 29.3 Å². The summed E-state index contributed by atoms with van der Waals surface area (Å²) in [6.07, 6.45) is 5.54. The summed E-state index contributed by atoms with van der Waals surface area (Å²) in [7, 11) is -4.16. The van der Waals surface area contributed by atoms with Gasteiger partial charge in [0.15, 0.2) is 0 Å². The lowest BCUT2D eigenvalue weighted by molar-refractivity contribution is 0.0509. The highest BCUT2D eigenvalue weighted by Crippen LogP contribution is 2.32. The maximum absolute atomic E-state index is 14.4. The number of hydrogen-bond acceptors (Lipinski definition) is 9. The zero-order chi connectivity index (χ0) is 33.3. The van der Waals surface area contributed by atoms with Crippen molar-refractivity contribution < 1.29 is 22.4 Å². The normalized spacial score (nSPS) is 18.4. The average molecular weight is 659 g/mol. The van der Waals surface area contributed by atoms with Gasteiger partial charge in [0.05, 0.1) is 23.2 Å². The minimum atomic E-state index is -4.16. The highest BCUT2D eigenvalue weighted by atomic mass is 32.2. The number of nitrogens with one attached hydrogen (secondary N) is 1. The molecule has 4 aromatic rings. The Morgan fingerprint density at radius 2 is 1.68 bits per heavy atom. The van der Waals surface area contributed by atoms with Gasteiger partial charge >= 0.3 is 0 Å². The molecule has 1 saturated heterocycles. The van der Waals surface area contributed by atoms with Gasteiger partial charge in [-0.25, -0.2) is 18.1 Å². The smallest absolute Gasteiger partial charge is 0.297 e. The number of carbonyl (C=O) groups is 1. The SMILES string of the molecule is Cc1cccc(C)c1-c1cc2nc(n1)NS(=O)(=O)c1cccc(c1)C(=O)N(Cc1coc(N3CCCCC3)n1)[C@H](CC(C)(C)C)CO2. The van der Waals surface area contributed by atoms with Crippen LogP contribution in [0, 0.1) is 19.3 Å². The van der Waals surface area contributed by atoms with Gasteiger partial charge in [-0.15, -0.1) is 0 Å². The molecule has 2 aromatic heterocycles. The van der Waals surface area contributed by atoms with E-state index in [1.807, 2.05) is 32.0 Å². The summed E-state index contributed by atoms with van der Waals surface area (Å²) in [5, 5.41) is 0. The number of ether oxygens (including phenoxy) is 1. The predicted octanol–water partition coefficient (Wildman–Crippen LogP) is 6.38. The zero-order valence-electron chi connectivity index (χ0n) is 27.6.